The van der Waals surface area contributed by atoms with Crippen molar-refractivity contribution >= 4 is 38.9 Å². The number of nitrogens with zero attached hydrogens (tertiary/aromatic N) is 1. The Morgan fingerprint density at radius 1 is 0.964 bits per heavy atom. The molecule has 6 heteroatoms. The van der Waals surface area contributed by atoms with Crippen LogP contribution < -0.4 is 5.32 Å². The number of ketones is 1. The number of aromatic nitrogens is 1. The van der Waals surface area contributed by atoms with Crippen LogP contribution in [0.4, 0.5) is 10.1 Å². The Hall–Kier alpha value is -3.38. The van der Waals surface area contributed by atoms with Gasteiger partial charge in [-0.2, -0.15) is 0 Å². The van der Waals surface area contributed by atoms with Crippen molar-refractivity contribution in [2.75, 3.05) is 5.32 Å². The highest BCUT2D eigenvalue weighted by Crippen LogP contribution is 2.44. The van der Waals surface area contributed by atoms with Crippen molar-refractivity contribution in [2.24, 2.45) is 0 Å². The zero-order valence-corrected chi connectivity index (χ0v) is 15.3. The Bertz CT molecular complexity index is 1250. The van der Waals surface area contributed by atoms with E-state index in [1.165, 1.54) is 23.5 Å². The normalized spacial score (nSPS) is 13.5. The van der Waals surface area contributed by atoms with Crippen LogP contribution >= 0.6 is 11.3 Å². The molecule has 4 aromatic rings. The molecule has 0 radical (unpaired) electrons. The van der Waals surface area contributed by atoms with Gasteiger partial charge in [0.1, 0.15) is 10.6 Å². The number of pyridine rings is 1. The molecule has 1 aliphatic heterocycles. The van der Waals surface area contributed by atoms with E-state index in [0.717, 1.165) is 22.4 Å². The van der Waals surface area contributed by atoms with Crippen molar-refractivity contribution in [3.63, 3.8) is 0 Å². The second-order valence-corrected chi connectivity index (χ2v) is 7.56. The molecule has 136 valence electrons. The van der Waals surface area contributed by atoms with E-state index in [4.69, 9.17) is 4.98 Å². The molecule has 5 rings (SSSR count). The molecule has 0 bridgehead atoms. The van der Waals surface area contributed by atoms with E-state index in [9.17, 15) is 14.0 Å². The molecule has 0 saturated carbocycles. The molecule has 0 spiro atoms. The van der Waals surface area contributed by atoms with Gasteiger partial charge >= 0.3 is 0 Å². The molecule has 0 atom stereocenters. The molecule has 2 aromatic heterocycles. The third kappa shape index (κ3) is 2.70. The summed E-state index contributed by atoms with van der Waals surface area (Å²) in [6.45, 7) is 0. The average molecular weight is 388 g/mol. The van der Waals surface area contributed by atoms with Gasteiger partial charge in [0.05, 0.1) is 22.7 Å². The van der Waals surface area contributed by atoms with E-state index in [1.54, 1.807) is 12.1 Å². The Balaban J connectivity index is 1.84. The number of halogens is 1. The van der Waals surface area contributed by atoms with Gasteiger partial charge in [-0.15, -0.1) is 11.3 Å². The smallest absolute Gasteiger partial charge is 0.232 e. The molecular weight excluding hydrogens is 375 g/mol. The third-order valence-corrected chi connectivity index (χ3v) is 5.85. The lowest BCUT2D eigenvalue weighted by Gasteiger charge is -2.14. The first-order valence-electron chi connectivity index (χ1n) is 8.72. The molecule has 0 unspecified atom stereocenters. The van der Waals surface area contributed by atoms with Crippen LogP contribution in [0.15, 0.2) is 60.7 Å². The fourth-order valence-corrected chi connectivity index (χ4v) is 4.53. The van der Waals surface area contributed by atoms with Gasteiger partial charge in [-0.25, -0.2) is 9.37 Å². The third-order valence-electron chi connectivity index (χ3n) is 4.73. The van der Waals surface area contributed by atoms with Crippen LogP contribution in [-0.4, -0.2) is 16.7 Å². The number of Topliss-reactive ketones (excluding diaryl/α,β-unsaturated/α-hetero) is 1. The predicted molar refractivity (Wildman–Crippen MR) is 108 cm³/mol. The van der Waals surface area contributed by atoms with Crippen LogP contribution in [-0.2, 0) is 4.79 Å². The van der Waals surface area contributed by atoms with Crippen LogP contribution in [0, 0.1) is 5.82 Å². The highest BCUT2D eigenvalue weighted by Gasteiger charge is 2.29. The van der Waals surface area contributed by atoms with Gasteiger partial charge in [-0.05, 0) is 29.3 Å². The van der Waals surface area contributed by atoms with Crippen LogP contribution in [0.3, 0.4) is 0 Å². The van der Waals surface area contributed by atoms with Crippen LogP contribution in [0.25, 0.3) is 32.6 Å². The highest BCUT2D eigenvalue weighted by molar-refractivity contribution is 7.21. The molecule has 0 aliphatic carbocycles. The minimum atomic E-state index is -0.326. The van der Waals surface area contributed by atoms with Gasteiger partial charge < -0.3 is 5.32 Å². The summed E-state index contributed by atoms with van der Waals surface area (Å²) in [5.74, 6) is -0.851. The van der Waals surface area contributed by atoms with Crippen molar-refractivity contribution in [3.8, 4) is 22.4 Å². The summed E-state index contributed by atoms with van der Waals surface area (Å²) in [5.41, 5.74) is 3.79. The Labute approximate surface area is 163 Å². The molecular formula is C22H13FN2O2S. The highest BCUT2D eigenvalue weighted by atomic mass is 32.1. The summed E-state index contributed by atoms with van der Waals surface area (Å²) in [5, 5.41) is 3.55. The fourth-order valence-electron chi connectivity index (χ4n) is 3.44. The molecule has 1 amide bonds. The topological polar surface area (TPSA) is 59.1 Å². The van der Waals surface area contributed by atoms with Crippen molar-refractivity contribution in [1.82, 2.24) is 4.98 Å². The van der Waals surface area contributed by atoms with Crippen LogP contribution in [0.1, 0.15) is 16.1 Å². The Kier molecular flexibility index (Phi) is 3.80. The number of fused-ring (bicyclic) bond motifs is 3. The summed E-state index contributed by atoms with van der Waals surface area (Å²) in [4.78, 5) is 30.3. The number of nitrogens with one attached hydrogen (secondary N) is 1. The minimum Gasteiger partial charge on any atom is -0.324 e. The monoisotopic (exact) mass is 388 g/mol. The zero-order chi connectivity index (χ0) is 19.3. The lowest BCUT2D eigenvalue weighted by molar-refractivity contribution is -0.115. The second kappa shape index (κ2) is 6.35. The van der Waals surface area contributed by atoms with E-state index in [2.05, 4.69) is 5.32 Å². The van der Waals surface area contributed by atoms with E-state index < -0.39 is 0 Å². The molecule has 3 heterocycles. The lowest BCUT2D eigenvalue weighted by Crippen LogP contribution is -2.22. The number of amides is 1. The number of thiophene rings is 1. The maximum Gasteiger partial charge on any atom is 0.232 e. The number of anilines is 1. The quantitative estimate of drug-likeness (QED) is 0.475. The van der Waals surface area contributed by atoms with Crippen LogP contribution in [0.5, 0.6) is 0 Å². The molecule has 0 fully saturated rings. The maximum absolute atomic E-state index is 13.5. The number of benzene rings is 2. The largest absolute Gasteiger partial charge is 0.324 e. The standard InChI is InChI=1S/C22H13FN2O2S/c23-14-8-6-12(7-9-14)15-10-16(13-4-2-1-3-5-13)24-22-19(15)20-21(28-22)17(26)11-18(27)25-20/h1-10H,11H2,(H,25,27). The zero-order valence-electron chi connectivity index (χ0n) is 14.5. The van der Waals surface area contributed by atoms with E-state index in [0.29, 0.717) is 20.8 Å². The van der Waals surface area contributed by atoms with E-state index in [1.807, 2.05) is 36.4 Å². The summed E-state index contributed by atoms with van der Waals surface area (Å²) in [7, 11) is 0. The maximum atomic E-state index is 13.5. The lowest BCUT2D eigenvalue weighted by atomic mass is 9.98. The number of hydrogen-bond donors (Lipinski definition) is 1. The molecule has 0 saturated heterocycles. The summed E-state index contributed by atoms with van der Waals surface area (Å²) in [6, 6.07) is 17.8. The van der Waals surface area contributed by atoms with Crippen molar-refractivity contribution < 1.29 is 14.0 Å². The van der Waals surface area contributed by atoms with Crippen LogP contribution in [0.2, 0.25) is 0 Å². The SMILES string of the molecule is O=C1CC(=O)c2sc3nc(-c4ccccc4)cc(-c4ccc(F)cc4)c3c2N1. The van der Waals surface area contributed by atoms with Gasteiger partial charge in [-0.1, -0.05) is 42.5 Å². The molecule has 2 aromatic carbocycles. The first-order chi connectivity index (χ1) is 13.6. The Morgan fingerprint density at radius 3 is 2.46 bits per heavy atom. The first kappa shape index (κ1) is 16.8. The summed E-state index contributed by atoms with van der Waals surface area (Å²) < 4.78 is 13.5. The predicted octanol–water partition coefficient (Wildman–Crippen LogP) is 5.29. The molecule has 28 heavy (non-hydrogen) atoms. The minimum absolute atomic E-state index is 0.156. The average Bonchev–Trinajstić information content (AvgIpc) is 3.07. The van der Waals surface area contributed by atoms with E-state index in [-0.39, 0.29) is 23.9 Å². The summed E-state index contributed by atoms with van der Waals surface area (Å²) >= 11 is 1.28. The first-order valence-corrected chi connectivity index (χ1v) is 9.54. The number of hydrogen-bond acceptors (Lipinski definition) is 4. The van der Waals surface area contributed by atoms with Gasteiger partial charge in [0.2, 0.25) is 5.91 Å². The molecule has 1 N–H and O–H groups in total. The van der Waals surface area contributed by atoms with Crippen molar-refractivity contribution in [3.05, 3.63) is 71.4 Å². The van der Waals surface area contributed by atoms with Gasteiger partial charge in [0.15, 0.2) is 5.78 Å². The van der Waals surface area contributed by atoms with Gasteiger partial charge in [0, 0.05) is 10.9 Å². The van der Waals surface area contributed by atoms with Gasteiger partial charge in [0.25, 0.3) is 0 Å². The van der Waals surface area contributed by atoms with Crippen molar-refractivity contribution in [2.45, 2.75) is 6.42 Å². The fraction of sp³-hybridized carbons (Fsp3) is 0.0455. The summed E-state index contributed by atoms with van der Waals surface area (Å²) in [6.07, 6.45) is -0.156. The second-order valence-electron chi connectivity index (χ2n) is 6.56. The van der Waals surface area contributed by atoms with Gasteiger partial charge in [-0.3, -0.25) is 9.59 Å². The van der Waals surface area contributed by atoms with E-state index >= 15 is 0 Å². The molecule has 1 aliphatic rings. The number of carbonyl (C=O) groups is 2. The van der Waals surface area contributed by atoms with Crippen molar-refractivity contribution in [1.29, 1.82) is 0 Å². The Morgan fingerprint density at radius 2 is 1.71 bits per heavy atom. The number of rotatable bonds is 2. The molecule has 4 nitrogen and oxygen atoms in total. The number of carbonyl (C=O) groups excluding carboxylic acids is 2.